The first-order valence-corrected chi connectivity index (χ1v) is 6.02. The smallest absolute Gasteiger partial charge is 0.411 e. The number of oxime groups is 1. The summed E-state index contributed by atoms with van der Waals surface area (Å²) in [7, 11) is 0. The fourth-order valence-electron chi connectivity index (χ4n) is 1.67. The van der Waals surface area contributed by atoms with Gasteiger partial charge in [-0.1, -0.05) is 16.8 Å². The summed E-state index contributed by atoms with van der Waals surface area (Å²) in [6, 6.07) is -0.694. The molecular formula is C11H4ClF10NO2. The first-order valence-electron chi connectivity index (χ1n) is 5.64. The minimum absolute atomic E-state index is 0.147. The molecule has 0 unspecified atom stereocenters. The molecule has 0 heterocycles. The maximum atomic E-state index is 13.9. The van der Waals surface area contributed by atoms with Gasteiger partial charge in [0.15, 0.2) is 0 Å². The van der Waals surface area contributed by atoms with Crippen molar-refractivity contribution in [2.75, 3.05) is 0 Å². The zero-order valence-corrected chi connectivity index (χ0v) is 11.9. The van der Waals surface area contributed by atoms with E-state index in [0.29, 0.717) is 0 Å². The number of hydrogen-bond acceptors (Lipinski definition) is 3. The second-order valence-corrected chi connectivity index (χ2v) is 4.72. The first kappa shape index (κ1) is 21.1. The maximum Gasteiger partial charge on any atom is 0.573 e. The largest absolute Gasteiger partial charge is 0.573 e. The Morgan fingerprint density at radius 1 is 0.920 bits per heavy atom. The van der Waals surface area contributed by atoms with Gasteiger partial charge in [-0.05, 0) is 12.1 Å². The van der Waals surface area contributed by atoms with Gasteiger partial charge in [-0.15, -0.1) is 13.2 Å². The molecule has 0 saturated carbocycles. The molecule has 142 valence electrons. The van der Waals surface area contributed by atoms with Gasteiger partial charge in [-0.2, -0.15) is 26.3 Å². The number of rotatable bonds is 3. The number of halogens is 11. The zero-order valence-electron chi connectivity index (χ0n) is 11.2. The molecule has 0 aliphatic heterocycles. The fraction of sp³-hybridized carbons (Fsp3) is 0.364. The molecule has 14 heteroatoms. The Morgan fingerprint density at radius 3 is 1.76 bits per heavy atom. The second-order valence-electron chi connectivity index (χ2n) is 4.32. The molecule has 0 aromatic heterocycles. The summed E-state index contributed by atoms with van der Waals surface area (Å²) in [6.45, 7) is 0. The van der Waals surface area contributed by atoms with Crippen molar-refractivity contribution in [3.8, 4) is 5.75 Å². The Morgan fingerprint density at radius 2 is 1.40 bits per heavy atom. The molecule has 0 radical (unpaired) electrons. The van der Waals surface area contributed by atoms with E-state index in [-0.39, 0.29) is 12.3 Å². The predicted octanol–water partition coefficient (Wildman–Crippen LogP) is 5.34. The molecule has 1 N–H and O–H groups in total. The molecule has 0 aliphatic carbocycles. The SMILES string of the molecule is ON=Cc1c(Cl)cc(C(F)(C(F)(F)F)C(F)(F)F)cc1OC(F)(F)F. The van der Waals surface area contributed by atoms with Crippen LogP contribution in [0, 0.1) is 0 Å². The molecule has 0 aliphatic rings. The van der Waals surface area contributed by atoms with Crippen LogP contribution >= 0.6 is 11.6 Å². The summed E-state index contributed by atoms with van der Waals surface area (Å²) in [4.78, 5) is 0. The minimum Gasteiger partial charge on any atom is -0.411 e. The van der Waals surface area contributed by atoms with Crippen LogP contribution in [0.25, 0.3) is 0 Å². The average molecular weight is 408 g/mol. The van der Waals surface area contributed by atoms with Gasteiger partial charge in [0.2, 0.25) is 0 Å². The van der Waals surface area contributed by atoms with Crippen molar-refractivity contribution >= 4 is 17.8 Å². The Kier molecular flexibility index (Phi) is 5.43. The van der Waals surface area contributed by atoms with Crippen molar-refractivity contribution in [3.05, 3.63) is 28.3 Å². The summed E-state index contributed by atoms with van der Waals surface area (Å²) >= 11 is 5.30. The van der Waals surface area contributed by atoms with Crippen LogP contribution < -0.4 is 4.74 Å². The molecule has 0 atom stereocenters. The fourth-order valence-corrected chi connectivity index (χ4v) is 1.93. The highest BCUT2D eigenvalue weighted by Crippen LogP contribution is 2.54. The van der Waals surface area contributed by atoms with Crippen molar-refractivity contribution in [2.24, 2.45) is 5.16 Å². The van der Waals surface area contributed by atoms with E-state index in [1.54, 1.807) is 0 Å². The number of ether oxygens (including phenoxy) is 1. The highest BCUT2D eigenvalue weighted by molar-refractivity contribution is 6.33. The highest BCUT2D eigenvalue weighted by atomic mass is 35.5. The molecule has 0 saturated heterocycles. The van der Waals surface area contributed by atoms with Gasteiger partial charge in [-0.25, -0.2) is 4.39 Å². The lowest BCUT2D eigenvalue weighted by molar-refractivity contribution is -0.348. The van der Waals surface area contributed by atoms with Crippen molar-refractivity contribution in [1.29, 1.82) is 0 Å². The lowest BCUT2D eigenvalue weighted by Gasteiger charge is -2.31. The van der Waals surface area contributed by atoms with E-state index in [1.165, 1.54) is 0 Å². The van der Waals surface area contributed by atoms with Gasteiger partial charge < -0.3 is 9.94 Å². The molecule has 25 heavy (non-hydrogen) atoms. The number of benzene rings is 1. The van der Waals surface area contributed by atoms with E-state index in [2.05, 4.69) is 9.89 Å². The van der Waals surface area contributed by atoms with E-state index in [9.17, 15) is 43.9 Å². The van der Waals surface area contributed by atoms with E-state index in [4.69, 9.17) is 16.8 Å². The van der Waals surface area contributed by atoms with Crippen LogP contribution in [0.5, 0.6) is 5.75 Å². The molecule has 0 spiro atoms. The van der Waals surface area contributed by atoms with Gasteiger partial charge >= 0.3 is 24.4 Å². The third kappa shape index (κ3) is 4.19. The average Bonchev–Trinajstić information content (AvgIpc) is 2.37. The Balaban J connectivity index is 3.77. The molecule has 0 bridgehead atoms. The van der Waals surface area contributed by atoms with Gasteiger partial charge in [0.1, 0.15) is 5.75 Å². The van der Waals surface area contributed by atoms with Crippen LogP contribution in [0.15, 0.2) is 17.3 Å². The molecule has 1 aromatic rings. The molecule has 0 amide bonds. The van der Waals surface area contributed by atoms with Crippen LogP contribution in [0.1, 0.15) is 11.1 Å². The topological polar surface area (TPSA) is 41.8 Å². The third-order valence-electron chi connectivity index (χ3n) is 2.68. The van der Waals surface area contributed by atoms with Crippen LogP contribution in [0.3, 0.4) is 0 Å². The van der Waals surface area contributed by atoms with E-state index in [1.807, 2.05) is 0 Å². The van der Waals surface area contributed by atoms with Crippen LogP contribution in [0.4, 0.5) is 43.9 Å². The number of alkyl halides is 10. The van der Waals surface area contributed by atoms with Gasteiger partial charge in [-0.3, -0.25) is 0 Å². The summed E-state index contributed by atoms with van der Waals surface area (Å²) in [5, 5.41) is 9.33. The molecule has 0 fully saturated rings. The van der Waals surface area contributed by atoms with Gasteiger partial charge in [0, 0.05) is 5.56 Å². The molecular weight excluding hydrogens is 404 g/mol. The normalized spacial score (nSPS) is 14.2. The predicted molar refractivity (Wildman–Crippen MR) is 62.4 cm³/mol. The lowest BCUT2D eigenvalue weighted by Crippen LogP contribution is -2.50. The zero-order chi connectivity index (χ0) is 19.8. The van der Waals surface area contributed by atoms with Crippen molar-refractivity contribution in [2.45, 2.75) is 24.4 Å². The Bertz CT molecular complexity index is 651. The third-order valence-corrected chi connectivity index (χ3v) is 3.00. The summed E-state index contributed by atoms with van der Waals surface area (Å²) in [5.41, 5.74) is -9.36. The van der Waals surface area contributed by atoms with Crippen molar-refractivity contribution in [1.82, 2.24) is 0 Å². The molecule has 3 nitrogen and oxygen atoms in total. The van der Waals surface area contributed by atoms with Crippen LogP contribution in [-0.4, -0.2) is 30.1 Å². The van der Waals surface area contributed by atoms with Gasteiger partial charge in [0.05, 0.1) is 16.8 Å². The van der Waals surface area contributed by atoms with Gasteiger partial charge in [0.25, 0.3) is 0 Å². The van der Waals surface area contributed by atoms with Crippen LogP contribution in [0.2, 0.25) is 5.02 Å². The maximum absolute atomic E-state index is 13.9. The quantitative estimate of drug-likeness (QED) is 0.318. The Labute approximate surface area is 136 Å². The number of nitrogens with zero attached hydrogens (tertiary/aromatic N) is 1. The van der Waals surface area contributed by atoms with Crippen molar-refractivity contribution < 1.29 is 53.8 Å². The van der Waals surface area contributed by atoms with E-state index < -0.39 is 52.3 Å². The molecule has 1 aromatic carbocycles. The highest BCUT2D eigenvalue weighted by Gasteiger charge is 2.73. The van der Waals surface area contributed by atoms with Crippen molar-refractivity contribution in [3.63, 3.8) is 0 Å². The monoisotopic (exact) mass is 407 g/mol. The van der Waals surface area contributed by atoms with E-state index in [0.717, 1.165) is 0 Å². The van der Waals surface area contributed by atoms with Crippen LogP contribution in [-0.2, 0) is 5.67 Å². The number of hydrogen-bond donors (Lipinski definition) is 1. The minimum atomic E-state index is -6.57. The second kappa shape index (κ2) is 6.42. The first-order chi connectivity index (χ1) is 11.0. The summed E-state index contributed by atoms with van der Waals surface area (Å²) in [5.74, 6) is -1.73. The lowest BCUT2D eigenvalue weighted by atomic mass is 9.93. The molecule has 1 rings (SSSR count). The Hall–Kier alpha value is -1.92. The summed E-state index contributed by atoms with van der Waals surface area (Å²) in [6.07, 6.45) is -18.6. The summed E-state index contributed by atoms with van der Waals surface area (Å²) < 4.78 is 130. The standard InChI is InChI=1S/C11H4ClF10NO2/c12-6-1-4(8(13,9(14,15)16)10(17,18)19)2-7(5(6)3-23-24)25-11(20,21)22/h1-3,24H. The van der Waals surface area contributed by atoms with E-state index >= 15 is 0 Å².